The van der Waals surface area contributed by atoms with Gasteiger partial charge in [-0.05, 0) is 13.0 Å². The third-order valence-electron chi connectivity index (χ3n) is 4.62. The fourth-order valence-corrected chi connectivity index (χ4v) is 3.33. The minimum atomic E-state index is -1.26. The van der Waals surface area contributed by atoms with Gasteiger partial charge in [-0.25, -0.2) is 0 Å². The van der Waals surface area contributed by atoms with E-state index in [1.54, 1.807) is 0 Å². The first-order valence-electron chi connectivity index (χ1n) is 8.59. The number of benzene rings is 2. The molecule has 3 rings (SSSR count). The fourth-order valence-electron chi connectivity index (χ4n) is 3.10. The molecule has 1 atom stereocenters. The number of amides is 3. The summed E-state index contributed by atoms with van der Waals surface area (Å²) >= 11 is 6.04. The van der Waals surface area contributed by atoms with Crippen molar-refractivity contribution in [3.63, 3.8) is 0 Å². The molecule has 0 spiro atoms. The number of ether oxygens (including phenoxy) is 2. The van der Waals surface area contributed by atoms with Crippen molar-refractivity contribution in [1.29, 1.82) is 0 Å². The maximum Gasteiger partial charge on any atom is 0.282 e. The molecule has 1 aliphatic rings. The van der Waals surface area contributed by atoms with Gasteiger partial charge in [0.25, 0.3) is 17.5 Å². The van der Waals surface area contributed by atoms with E-state index in [0.717, 1.165) is 6.07 Å². The summed E-state index contributed by atoms with van der Waals surface area (Å²) in [5.74, 6) is -1.90. The zero-order chi connectivity index (χ0) is 22.2. The van der Waals surface area contributed by atoms with Crippen LogP contribution in [0.15, 0.2) is 30.3 Å². The predicted octanol–water partition coefficient (Wildman–Crippen LogP) is 2.89. The standard InChI is InChI=1S/C19H16ClN3O7/c1-9(17(24)21-12-8-14(29-2)11(20)7-15(12)30-3)22-18(25)10-5-4-6-13(23(27)28)16(10)19(22)26/h4-9H,1-3H3,(H,21,24). The molecular formula is C19H16ClN3O7. The summed E-state index contributed by atoms with van der Waals surface area (Å²) in [4.78, 5) is 49.4. The summed E-state index contributed by atoms with van der Waals surface area (Å²) in [5, 5.41) is 14.1. The Labute approximate surface area is 175 Å². The number of hydrogen-bond donors (Lipinski definition) is 1. The number of carbonyl (C=O) groups is 3. The lowest BCUT2D eigenvalue weighted by Gasteiger charge is -2.22. The summed E-state index contributed by atoms with van der Waals surface area (Å²) in [6, 6.07) is 5.35. The maximum absolute atomic E-state index is 12.8. The molecule has 30 heavy (non-hydrogen) atoms. The fraction of sp³-hybridized carbons (Fsp3) is 0.211. The minimum Gasteiger partial charge on any atom is -0.495 e. The van der Waals surface area contributed by atoms with E-state index in [1.807, 2.05) is 0 Å². The van der Waals surface area contributed by atoms with E-state index in [0.29, 0.717) is 4.90 Å². The highest BCUT2D eigenvalue weighted by Gasteiger charge is 2.44. The highest BCUT2D eigenvalue weighted by atomic mass is 35.5. The average Bonchev–Trinajstić information content (AvgIpc) is 2.98. The Morgan fingerprint density at radius 1 is 1.17 bits per heavy atom. The van der Waals surface area contributed by atoms with Crippen molar-refractivity contribution in [2.75, 3.05) is 19.5 Å². The van der Waals surface area contributed by atoms with E-state index >= 15 is 0 Å². The lowest BCUT2D eigenvalue weighted by Crippen LogP contribution is -2.45. The molecule has 0 bridgehead atoms. The second kappa shape index (κ2) is 7.99. The number of imide groups is 1. The van der Waals surface area contributed by atoms with Gasteiger partial charge in [-0.3, -0.25) is 29.4 Å². The lowest BCUT2D eigenvalue weighted by atomic mass is 10.1. The van der Waals surface area contributed by atoms with Crippen molar-refractivity contribution in [2.45, 2.75) is 13.0 Å². The molecule has 3 amide bonds. The molecule has 1 heterocycles. The van der Waals surface area contributed by atoms with Crippen molar-refractivity contribution >= 4 is 40.7 Å². The second-order valence-electron chi connectivity index (χ2n) is 6.29. The van der Waals surface area contributed by atoms with Gasteiger partial charge in [-0.1, -0.05) is 17.7 Å². The largest absolute Gasteiger partial charge is 0.495 e. The van der Waals surface area contributed by atoms with Crippen LogP contribution in [0, 0.1) is 10.1 Å². The number of methoxy groups -OCH3 is 2. The van der Waals surface area contributed by atoms with E-state index in [9.17, 15) is 24.5 Å². The molecule has 2 aromatic carbocycles. The van der Waals surface area contributed by atoms with Gasteiger partial charge in [0.2, 0.25) is 5.91 Å². The normalized spacial score (nSPS) is 13.7. The van der Waals surface area contributed by atoms with Crippen LogP contribution in [0.4, 0.5) is 11.4 Å². The molecular weight excluding hydrogens is 418 g/mol. The smallest absolute Gasteiger partial charge is 0.282 e. The lowest BCUT2D eigenvalue weighted by molar-refractivity contribution is -0.385. The van der Waals surface area contributed by atoms with E-state index in [2.05, 4.69) is 5.32 Å². The van der Waals surface area contributed by atoms with Crippen molar-refractivity contribution in [3.05, 3.63) is 56.6 Å². The Hall–Kier alpha value is -3.66. The second-order valence-corrected chi connectivity index (χ2v) is 6.70. The SMILES string of the molecule is COc1cc(NC(=O)C(C)N2C(=O)c3cccc([N+](=O)[O-])c3C2=O)c(OC)cc1Cl. The highest BCUT2D eigenvalue weighted by Crippen LogP contribution is 2.36. The molecule has 0 aliphatic carbocycles. The molecule has 0 radical (unpaired) electrons. The molecule has 2 aromatic rings. The van der Waals surface area contributed by atoms with Crippen molar-refractivity contribution in [1.82, 2.24) is 4.90 Å². The average molecular weight is 434 g/mol. The number of fused-ring (bicyclic) bond motifs is 1. The number of carbonyl (C=O) groups excluding carboxylic acids is 3. The van der Waals surface area contributed by atoms with E-state index < -0.39 is 34.4 Å². The Morgan fingerprint density at radius 3 is 2.43 bits per heavy atom. The van der Waals surface area contributed by atoms with Crippen molar-refractivity contribution in [3.8, 4) is 11.5 Å². The number of nitrogens with zero attached hydrogens (tertiary/aromatic N) is 2. The van der Waals surface area contributed by atoms with E-state index in [1.165, 1.54) is 45.4 Å². The molecule has 0 saturated heterocycles. The predicted molar refractivity (Wildman–Crippen MR) is 106 cm³/mol. The van der Waals surface area contributed by atoms with Crippen LogP contribution in [0.25, 0.3) is 0 Å². The summed E-state index contributed by atoms with van der Waals surface area (Å²) in [6.45, 7) is 1.34. The molecule has 10 nitrogen and oxygen atoms in total. The zero-order valence-electron chi connectivity index (χ0n) is 16.1. The van der Waals surface area contributed by atoms with Crippen LogP contribution in [0.2, 0.25) is 5.02 Å². The first kappa shape index (κ1) is 21.1. The summed E-state index contributed by atoms with van der Waals surface area (Å²) < 4.78 is 10.3. The van der Waals surface area contributed by atoms with Crippen molar-refractivity contribution < 1.29 is 28.8 Å². The monoisotopic (exact) mass is 433 g/mol. The van der Waals surface area contributed by atoms with Gasteiger partial charge in [0.15, 0.2) is 0 Å². The molecule has 11 heteroatoms. The summed E-state index contributed by atoms with van der Waals surface area (Å²) in [6.07, 6.45) is 0. The Balaban J connectivity index is 1.91. The van der Waals surface area contributed by atoms with E-state index in [4.69, 9.17) is 21.1 Å². The first-order valence-corrected chi connectivity index (χ1v) is 8.96. The number of halogens is 1. The number of anilines is 1. The molecule has 1 unspecified atom stereocenters. The number of nitrogens with one attached hydrogen (secondary N) is 1. The van der Waals surface area contributed by atoms with Crippen LogP contribution in [0.5, 0.6) is 11.5 Å². The van der Waals surface area contributed by atoms with Crippen LogP contribution < -0.4 is 14.8 Å². The minimum absolute atomic E-state index is 0.125. The number of nitro groups is 1. The Kier molecular flexibility index (Phi) is 5.61. The van der Waals surface area contributed by atoms with Crippen LogP contribution in [-0.4, -0.2) is 47.8 Å². The molecule has 0 saturated carbocycles. The highest BCUT2D eigenvalue weighted by molar-refractivity contribution is 6.32. The molecule has 0 fully saturated rings. The van der Waals surface area contributed by atoms with Gasteiger partial charge >= 0.3 is 0 Å². The van der Waals surface area contributed by atoms with Crippen molar-refractivity contribution in [2.24, 2.45) is 0 Å². The maximum atomic E-state index is 12.8. The van der Waals surface area contributed by atoms with Gasteiger partial charge < -0.3 is 14.8 Å². The summed E-state index contributed by atoms with van der Waals surface area (Å²) in [7, 11) is 2.77. The first-order chi connectivity index (χ1) is 14.2. The van der Waals surface area contributed by atoms with Crippen LogP contribution in [0.3, 0.4) is 0 Å². The van der Waals surface area contributed by atoms with Gasteiger partial charge in [-0.15, -0.1) is 0 Å². The van der Waals surface area contributed by atoms with Gasteiger partial charge in [0.05, 0.1) is 35.4 Å². The van der Waals surface area contributed by atoms with Crippen LogP contribution in [-0.2, 0) is 4.79 Å². The number of hydrogen-bond acceptors (Lipinski definition) is 7. The Morgan fingerprint density at radius 2 is 1.83 bits per heavy atom. The van der Waals surface area contributed by atoms with E-state index in [-0.39, 0.29) is 33.3 Å². The van der Waals surface area contributed by atoms with Gasteiger partial charge in [-0.2, -0.15) is 0 Å². The van der Waals surface area contributed by atoms with Gasteiger partial charge in [0.1, 0.15) is 23.1 Å². The Bertz CT molecular complexity index is 1090. The van der Waals surface area contributed by atoms with Gasteiger partial charge in [0, 0.05) is 18.2 Å². The number of nitro benzene ring substituents is 1. The summed E-state index contributed by atoms with van der Waals surface area (Å²) in [5.41, 5.74) is -0.749. The molecule has 1 aliphatic heterocycles. The third-order valence-corrected chi connectivity index (χ3v) is 4.91. The third kappa shape index (κ3) is 3.41. The number of rotatable bonds is 6. The van der Waals surface area contributed by atoms with Crippen LogP contribution >= 0.6 is 11.6 Å². The molecule has 156 valence electrons. The molecule has 0 aromatic heterocycles. The quantitative estimate of drug-likeness (QED) is 0.421. The topological polar surface area (TPSA) is 128 Å². The van der Waals surface area contributed by atoms with Crippen LogP contribution in [0.1, 0.15) is 27.6 Å². The zero-order valence-corrected chi connectivity index (χ0v) is 16.9. The molecule has 1 N–H and O–H groups in total.